The molecule has 0 saturated heterocycles. The zero-order chi connectivity index (χ0) is 21.7. The van der Waals surface area contributed by atoms with Crippen molar-refractivity contribution in [2.45, 2.75) is 18.0 Å². The van der Waals surface area contributed by atoms with Gasteiger partial charge < -0.3 is 9.73 Å². The summed E-state index contributed by atoms with van der Waals surface area (Å²) in [7, 11) is -2.45. The molecule has 0 radical (unpaired) electrons. The molecule has 1 aromatic heterocycles. The lowest BCUT2D eigenvalue weighted by Crippen LogP contribution is -2.30. The number of amides is 1. The summed E-state index contributed by atoms with van der Waals surface area (Å²) in [6, 6.07) is 14.6. The van der Waals surface area contributed by atoms with Crippen LogP contribution in [0.25, 0.3) is 0 Å². The quantitative estimate of drug-likeness (QED) is 0.434. The van der Waals surface area contributed by atoms with Crippen LogP contribution < -0.4 is 5.32 Å². The fraction of sp³-hybridized carbons (Fsp3) is 0.150. The molecule has 30 heavy (non-hydrogen) atoms. The van der Waals surface area contributed by atoms with E-state index >= 15 is 0 Å². The minimum Gasteiger partial charge on any atom is -0.468 e. The molecule has 156 valence electrons. The van der Waals surface area contributed by atoms with Gasteiger partial charge in [-0.05, 0) is 42.0 Å². The Hall–Kier alpha value is -3.50. The number of nitrogens with zero attached hydrogens (tertiary/aromatic N) is 2. The van der Waals surface area contributed by atoms with Gasteiger partial charge in [-0.15, -0.1) is 0 Å². The molecule has 10 heteroatoms. The van der Waals surface area contributed by atoms with E-state index in [1.54, 1.807) is 36.4 Å². The summed E-state index contributed by atoms with van der Waals surface area (Å²) in [5.41, 5.74) is 0.924. The van der Waals surface area contributed by atoms with Crippen LogP contribution in [0.4, 0.5) is 5.69 Å². The highest BCUT2D eigenvalue weighted by Crippen LogP contribution is 2.23. The minimum atomic E-state index is -3.98. The Morgan fingerprint density at radius 2 is 1.73 bits per heavy atom. The predicted octanol–water partition coefficient (Wildman–Crippen LogP) is 2.94. The predicted molar refractivity (Wildman–Crippen MR) is 108 cm³/mol. The number of sulfonamides is 1. The van der Waals surface area contributed by atoms with Crippen molar-refractivity contribution in [3.63, 3.8) is 0 Å². The SMILES string of the molecule is CNC(=O)c1ccc(CN(Cc2ccco2)S(=O)(=O)c2ccc([N+](=O)[O-])cc2)cc1. The van der Waals surface area contributed by atoms with Gasteiger partial charge in [-0.1, -0.05) is 12.1 Å². The molecule has 1 heterocycles. The highest BCUT2D eigenvalue weighted by Gasteiger charge is 2.26. The Balaban J connectivity index is 1.91. The molecule has 0 aliphatic carbocycles. The van der Waals surface area contributed by atoms with E-state index in [0.29, 0.717) is 16.9 Å². The van der Waals surface area contributed by atoms with E-state index in [-0.39, 0.29) is 29.6 Å². The van der Waals surface area contributed by atoms with Crippen LogP contribution in [0.1, 0.15) is 21.7 Å². The van der Waals surface area contributed by atoms with Gasteiger partial charge in [0.2, 0.25) is 10.0 Å². The summed E-state index contributed by atoms with van der Waals surface area (Å²) >= 11 is 0. The van der Waals surface area contributed by atoms with Gasteiger partial charge in [-0.3, -0.25) is 14.9 Å². The van der Waals surface area contributed by atoms with Crippen molar-refractivity contribution >= 4 is 21.6 Å². The highest BCUT2D eigenvalue weighted by atomic mass is 32.2. The number of carbonyl (C=O) groups is 1. The van der Waals surface area contributed by atoms with E-state index in [0.717, 1.165) is 12.1 Å². The minimum absolute atomic E-state index is 0.0219. The molecule has 9 nitrogen and oxygen atoms in total. The number of carbonyl (C=O) groups excluding carboxylic acids is 1. The molecule has 0 spiro atoms. The molecule has 0 unspecified atom stereocenters. The fourth-order valence-electron chi connectivity index (χ4n) is 2.80. The van der Waals surface area contributed by atoms with Crippen LogP contribution in [0, 0.1) is 10.1 Å². The number of nitrogens with one attached hydrogen (secondary N) is 1. The first kappa shape index (κ1) is 21.2. The Labute approximate surface area is 173 Å². The van der Waals surface area contributed by atoms with Crippen LogP contribution in [-0.4, -0.2) is 30.6 Å². The van der Waals surface area contributed by atoms with Crippen molar-refractivity contribution in [3.8, 4) is 0 Å². The first-order chi connectivity index (χ1) is 14.3. The van der Waals surface area contributed by atoms with Crippen molar-refractivity contribution in [1.29, 1.82) is 0 Å². The number of hydrogen-bond donors (Lipinski definition) is 1. The van der Waals surface area contributed by atoms with Crippen LogP contribution >= 0.6 is 0 Å². The van der Waals surface area contributed by atoms with E-state index in [2.05, 4.69) is 5.32 Å². The van der Waals surface area contributed by atoms with Gasteiger partial charge in [0.15, 0.2) is 0 Å². The third-order valence-electron chi connectivity index (χ3n) is 4.40. The number of nitro benzene ring substituents is 1. The van der Waals surface area contributed by atoms with Gasteiger partial charge in [0.05, 0.1) is 22.6 Å². The molecule has 1 N–H and O–H groups in total. The van der Waals surface area contributed by atoms with Crippen molar-refractivity contribution in [2.75, 3.05) is 7.05 Å². The van der Waals surface area contributed by atoms with Gasteiger partial charge >= 0.3 is 0 Å². The summed E-state index contributed by atoms with van der Waals surface area (Å²) in [6.07, 6.45) is 1.45. The van der Waals surface area contributed by atoms with E-state index in [1.165, 1.54) is 29.7 Å². The van der Waals surface area contributed by atoms with Crippen LogP contribution in [0.3, 0.4) is 0 Å². The van der Waals surface area contributed by atoms with Crippen LogP contribution in [-0.2, 0) is 23.1 Å². The lowest BCUT2D eigenvalue weighted by Gasteiger charge is -2.21. The monoisotopic (exact) mass is 429 g/mol. The Morgan fingerprint density at radius 1 is 1.07 bits per heavy atom. The molecule has 0 atom stereocenters. The molecule has 3 rings (SSSR count). The average Bonchev–Trinajstić information content (AvgIpc) is 3.26. The first-order valence-electron chi connectivity index (χ1n) is 8.89. The lowest BCUT2D eigenvalue weighted by atomic mass is 10.1. The Morgan fingerprint density at radius 3 is 2.27 bits per heavy atom. The number of hydrogen-bond acceptors (Lipinski definition) is 6. The van der Waals surface area contributed by atoms with Gasteiger partial charge in [0.1, 0.15) is 5.76 Å². The maximum atomic E-state index is 13.2. The lowest BCUT2D eigenvalue weighted by molar-refractivity contribution is -0.384. The van der Waals surface area contributed by atoms with Crippen molar-refractivity contribution in [3.05, 3.63) is 93.9 Å². The van der Waals surface area contributed by atoms with E-state index in [9.17, 15) is 23.3 Å². The Bertz CT molecular complexity index is 1120. The summed E-state index contributed by atoms with van der Waals surface area (Å²) in [5, 5.41) is 13.4. The molecule has 1 amide bonds. The zero-order valence-corrected chi connectivity index (χ0v) is 16.8. The van der Waals surface area contributed by atoms with Gasteiger partial charge in [0.25, 0.3) is 11.6 Å². The molecular weight excluding hydrogens is 410 g/mol. The molecule has 3 aromatic rings. The van der Waals surface area contributed by atoms with Crippen molar-refractivity contribution in [1.82, 2.24) is 9.62 Å². The van der Waals surface area contributed by atoms with Crippen molar-refractivity contribution in [2.24, 2.45) is 0 Å². The molecule has 0 aliphatic heterocycles. The van der Waals surface area contributed by atoms with Gasteiger partial charge in [0, 0.05) is 31.3 Å². The average molecular weight is 429 g/mol. The smallest absolute Gasteiger partial charge is 0.269 e. The second-order valence-electron chi connectivity index (χ2n) is 6.38. The zero-order valence-electron chi connectivity index (χ0n) is 16.0. The summed E-state index contributed by atoms with van der Waals surface area (Å²) in [5.74, 6) is 0.204. The summed E-state index contributed by atoms with van der Waals surface area (Å²) in [4.78, 5) is 21.9. The summed E-state index contributed by atoms with van der Waals surface area (Å²) < 4.78 is 32.9. The van der Waals surface area contributed by atoms with Gasteiger partial charge in [-0.25, -0.2) is 8.42 Å². The number of nitro groups is 1. The second-order valence-corrected chi connectivity index (χ2v) is 8.32. The number of non-ortho nitro benzene ring substituents is 1. The van der Waals surface area contributed by atoms with Crippen LogP contribution in [0.2, 0.25) is 0 Å². The molecule has 0 bridgehead atoms. The number of furan rings is 1. The molecule has 2 aromatic carbocycles. The molecular formula is C20H19N3O6S. The number of benzene rings is 2. The largest absolute Gasteiger partial charge is 0.468 e. The first-order valence-corrected chi connectivity index (χ1v) is 10.3. The highest BCUT2D eigenvalue weighted by molar-refractivity contribution is 7.89. The van der Waals surface area contributed by atoms with Crippen LogP contribution in [0.15, 0.2) is 76.2 Å². The normalized spacial score (nSPS) is 11.4. The van der Waals surface area contributed by atoms with Crippen molar-refractivity contribution < 1.29 is 22.6 Å². The molecule has 0 aliphatic rings. The van der Waals surface area contributed by atoms with Crippen LogP contribution in [0.5, 0.6) is 0 Å². The number of rotatable bonds is 8. The third kappa shape index (κ3) is 4.73. The van der Waals surface area contributed by atoms with E-state index in [4.69, 9.17) is 4.42 Å². The third-order valence-corrected chi connectivity index (χ3v) is 6.21. The fourth-order valence-corrected chi connectivity index (χ4v) is 4.20. The van der Waals surface area contributed by atoms with Gasteiger partial charge in [-0.2, -0.15) is 4.31 Å². The standard InChI is InChI=1S/C20H19N3O6S/c1-21-20(24)16-6-4-15(5-7-16)13-22(14-18-3-2-12-29-18)30(27,28)19-10-8-17(9-11-19)23(25)26/h2-12H,13-14H2,1H3,(H,21,24). The Kier molecular flexibility index (Phi) is 6.28. The van der Waals surface area contributed by atoms with E-state index < -0.39 is 14.9 Å². The molecule has 0 saturated carbocycles. The molecule has 0 fully saturated rings. The topological polar surface area (TPSA) is 123 Å². The second kappa shape index (κ2) is 8.89. The maximum absolute atomic E-state index is 13.2. The van der Waals surface area contributed by atoms with E-state index in [1.807, 2.05) is 0 Å². The maximum Gasteiger partial charge on any atom is 0.269 e. The summed E-state index contributed by atoms with van der Waals surface area (Å²) in [6.45, 7) is -0.00242.